The predicted octanol–water partition coefficient (Wildman–Crippen LogP) is 2.21. The van der Waals surface area contributed by atoms with Gasteiger partial charge in [0, 0.05) is 17.8 Å². The van der Waals surface area contributed by atoms with E-state index in [0.717, 1.165) is 37.5 Å². The van der Waals surface area contributed by atoms with Crippen LogP contribution in [-0.4, -0.2) is 37.3 Å². The number of rotatable bonds is 4. The summed E-state index contributed by atoms with van der Waals surface area (Å²) in [5, 5.41) is 4.54. The molecule has 1 heterocycles. The molecule has 0 radical (unpaired) electrons. The van der Waals surface area contributed by atoms with E-state index >= 15 is 0 Å². The van der Waals surface area contributed by atoms with Crippen molar-refractivity contribution < 1.29 is 4.74 Å². The van der Waals surface area contributed by atoms with Crippen molar-refractivity contribution in [1.29, 1.82) is 0 Å². The Bertz CT molecular complexity index is 230. The van der Waals surface area contributed by atoms with Crippen LogP contribution in [0.25, 0.3) is 0 Å². The second-order valence-corrected chi connectivity index (χ2v) is 5.59. The molecule has 0 aromatic heterocycles. The highest BCUT2D eigenvalue weighted by Gasteiger charge is 2.23. The van der Waals surface area contributed by atoms with Crippen molar-refractivity contribution in [2.24, 2.45) is 0 Å². The maximum Gasteiger partial charge on any atom is 0.0689 e. The third-order valence-electron chi connectivity index (χ3n) is 3.32. The summed E-state index contributed by atoms with van der Waals surface area (Å²) in [6.07, 6.45) is 9.72. The Morgan fingerprint density at radius 3 is 3.13 bits per heavy atom. The van der Waals surface area contributed by atoms with Crippen LogP contribution in [0.5, 0.6) is 0 Å². The lowest BCUT2D eigenvalue weighted by Gasteiger charge is -2.17. The molecule has 1 aliphatic carbocycles. The van der Waals surface area contributed by atoms with Gasteiger partial charge in [-0.25, -0.2) is 0 Å². The van der Waals surface area contributed by atoms with Gasteiger partial charge in [0.25, 0.3) is 0 Å². The van der Waals surface area contributed by atoms with Gasteiger partial charge in [-0.1, -0.05) is 6.08 Å². The Morgan fingerprint density at radius 2 is 2.47 bits per heavy atom. The van der Waals surface area contributed by atoms with Crippen LogP contribution < -0.4 is 5.32 Å². The topological polar surface area (TPSA) is 21.3 Å². The molecule has 1 saturated carbocycles. The van der Waals surface area contributed by atoms with Gasteiger partial charge >= 0.3 is 0 Å². The second kappa shape index (κ2) is 5.92. The van der Waals surface area contributed by atoms with E-state index in [-0.39, 0.29) is 0 Å². The van der Waals surface area contributed by atoms with E-state index in [4.69, 9.17) is 4.74 Å². The monoisotopic (exact) mass is 227 g/mol. The summed E-state index contributed by atoms with van der Waals surface area (Å²) in [6.45, 7) is 2.78. The molecule has 3 heteroatoms. The first-order valence-corrected chi connectivity index (χ1v) is 7.19. The fourth-order valence-electron chi connectivity index (χ4n) is 2.35. The number of ether oxygens (including phenoxy) is 1. The molecule has 1 aliphatic heterocycles. The Balaban J connectivity index is 1.67. The predicted molar refractivity (Wildman–Crippen MR) is 66.5 cm³/mol. The molecule has 1 N–H and O–H groups in total. The first kappa shape index (κ1) is 11.5. The van der Waals surface area contributed by atoms with Gasteiger partial charge in [0.2, 0.25) is 0 Å². The molecule has 0 saturated heterocycles. The van der Waals surface area contributed by atoms with Gasteiger partial charge < -0.3 is 10.1 Å². The van der Waals surface area contributed by atoms with Gasteiger partial charge in [-0.15, -0.1) is 0 Å². The zero-order valence-electron chi connectivity index (χ0n) is 9.50. The van der Waals surface area contributed by atoms with Gasteiger partial charge in [-0.3, -0.25) is 0 Å². The molecule has 0 spiro atoms. The summed E-state index contributed by atoms with van der Waals surface area (Å²) in [4.78, 5) is 0. The van der Waals surface area contributed by atoms with Crippen LogP contribution in [0.3, 0.4) is 0 Å². The molecule has 2 atom stereocenters. The fraction of sp³-hybridized carbons (Fsp3) is 0.833. The quantitative estimate of drug-likeness (QED) is 0.744. The Morgan fingerprint density at radius 1 is 1.53 bits per heavy atom. The van der Waals surface area contributed by atoms with Gasteiger partial charge in [-0.05, 0) is 37.5 Å². The molecule has 0 aromatic carbocycles. The summed E-state index contributed by atoms with van der Waals surface area (Å²) in [7, 11) is 0. The molecule has 0 amide bonds. The van der Waals surface area contributed by atoms with E-state index in [9.17, 15) is 0 Å². The summed E-state index contributed by atoms with van der Waals surface area (Å²) >= 11 is 2.02. The lowest BCUT2D eigenvalue weighted by molar-refractivity contribution is 0.148. The minimum Gasteiger partial charge on any atom is -0.377 e. The molecular formula is C12H21NOS. The Kier molecular flexibility index (Phi) is 4.54. The van der Waals surface area contributed by atoms with Crippen molar-refractivity contribution in [3.05, 3.63) is 11.6 Å². The Hall–Kier alpha value is 0.01000. The zero-order valence-corrected chi connectivity index (χ0v) is 10.3. The first-order chi connectivity index (χ1) is 7.38. The molecule has 2 unspecified atom stereocenters. The fourth-order valence-corrected chi connectivity index (χ4v) is 3.14. The van der Waals surface area contributed by atoms with Crippen molar-refractivity contribution >= 4 is 11.8 Å². The van der Waals surface area contributed by atoms with E-state index in [1.807, 2.05) is 11.8 Å². The number of hydrogen-bond donors (Lipinski definition) is 1. The minimum absolute atomic E-state index is 0.741. The van der Waals surface area contributed by atoms with Gasteiger partial charge in [0.05, 0.1) is 13.2 Å². The third-order valence-corrected chi connectivity index (χ3v) is 4.41. The lowest BCUT2D eigenvalue weighted by Crippen LogP contribution is -2.30. The summed E-state index contributed by atoms with van der Waals surface area (Å²) in [5.74, 6) is 0. The largest absolute Gasteiger partial charge is 0.377 e. The molecule has 2 rings (SSSR count). The molecule has 0 bridgehead atoms. The summed E-state index contributed by atoms with van der Waals surface area (Å²) in [5.41, 5.74) is 1.44. The van der Waals surface area contributed by atoms with Crippen molar-refractivity contribution in [3.63, 3.8) is 0 Å². The van der Waals surface area contributed by atoms with Gasteiger partial charge in [-0.2, -0.15) is 11.8 Å². The highest BCUT2D eigenvalue weighted by Crippen LogP contribution is 2.28. The highest BCUT2D eigenvalue weighted by atomic mass is 32.2. The van der Waals surface area contributed by atoms with Gasteiger partial charge in [0.15, 0.2) is 0 Å². The number of nitrogens with one attached hydrogen (secondary N) is 1. The molecule has 1 fully saturated rings. The Labute approximate surface area is 96.8 Å². The maximum atomic E-state index is 5.43. The molecule has 2 nitrogen and oxygen atoms in total. The maximum absolute atomic E-state index is 5.43. The molecule has 86 valence electrons. The highest BCUT2D eigenvalue weighted by molar-refractivity contribution is 7.99. The van der Waals surface area contributed by atoms with E-state index in [0.29, 0.717) is 0 Å². The van der Waals surface area contributed by atoms with Crippen molar-refractivity contribution in [1.82, 2.24) is 5.32 Å². The molecule has 0 aromatic rings. The van der Waals surface area contributed by atoms with Crippen LogP contribution in [0.1, 0.15) is 25.7 Å². The van der Waals surface area contributed by atoms with E-state index < -0.39 is 0 Å². The average Bonchev–Trinajstić information content (AvgIpc) is 2.76. The second-order valence-electron chi connectivity index (χ2n) is 4.45. The van der Waals surface area contributed by atoms with Crippen LogP contribution in [0.4, 0.5) is 0 Å². The molecular weight excluding hydrogens is 206 g/mol. The first-order valence-electron chi connectivity index (χ1n) is 5.90. The van der Waals surface area contributed by atoms with Crippen LogP contribution in [0.2, 0.25) is 0 Å². The standard InChI is InChI=1S/C12H21NOS/c1-15-12-5-4-11(7-12)13-8-10-3-2-6-14-9-10/h3,11-13H,2,4-9H2,1H3. The summed E-state index contributed by atoms with van der Waals surface area (Å²) < 4.78 is 5.43. The number of thioether (sulfide) groups is 1. The van der Waals surface area contributed by atoms with Crippen molar-refractivity contribution in [2.75, 3.05) is 26.0 Å². The smallest absolute Gasteiger partial charge is 0.0689 e. The van der Waals surface area contributed by atoms with Crippen LogP contribution >= 0.6 is 11.8 Å². The van der Waals surface area contributed by atoms with Crippen LogP contribution in [0, 0.1) is 0 Å². The van der Waals surface area contributed by atoms with Crippen LogP contribution in [0.15, 0.2) is 11.6 Å². The molecule has 2 aliphatic rings. The lowest BCUT2D eigenvalue weighted by atomic mass is 10.1. The van der Waals surface area contributed by atoms with Gasteiger partial charge in [0.1, 0.15) is 0 Å². The third kappa shape index (κ3) is 3.51. The van der Waals surface area contributed by atoms with E-state index in [1.165, 1.54) is 24.8 Å². The van der Waals surface area contributed by atoms with Crippen molar-refractivity contribution in [3.8, 4) is 0 Å². The van der Waals surface area contributed by atoms with Crippen LogP contribution in [-0.2, 0) is 4.74 Å². The SMILES string of the molecule is CSC1CCC(NCC2=CCCOC2)C1. The van der Waals surface area contributed by atoms with E-state index in [2.05, 4.69) is 17.6 Å². The minimum atomic E-state index is 0.741. The normalized spacial score (nSPS) is 31.7. The number of hydrogen-bond acceptors (Lipinski definition) is 3. The summed E-state index contributed by atoms with van der Waals surface area (Å²) in [6, 6.07) is 0.741. The molecule has 15 heavy (non-hydrogen) atoms. The zero-order chi connectivity index (χ0) is 10.5. The average molecular weight is 227 g/mol. The van der Waals surface area contributed by atoms with E-state index in [1.54, 1.807) is 0 Å². The van der Waals surface area contributed by atoms with Crippen molar-refractivity contribution in [2.45, 2.75) is 37.0 Å².